The van der Waals surface area contributed by atoms with E-state index in [0.29, 0.717) is 5.82 Å². The number of aryl methyl sites for hydroxylation is 2. The minimum absolute atomic E-state index is 0.0298. The van der Waals surface area contributed by atoms with Crippen molar-refractivity contribution >= 4 is 11.0 Å². The SMILES string of the molecule is Cn1c(=O)n(C)c2cc(-c3ccc(-c4cc(-c5cccc(-c6ccc(-c7ccccc7)cc6)c5)nc(-c5ccccc5)n4)cc3)ccc21. The van der Waals surface area contributed by atoms with Gasteiger partial charge >= 0.3 is 5.69 Å². The number of rotatable bonds is 6. The molecule has 0 radical (unpaired) electrons. The molecule has 0 fully saturated rings. The second-order valence-corrected chi connectivity index (χ2v) is 12.0. The molecule has 0 spiro atoms. The lowest BCUT2D eigenvalue weighted by Crippen LogP contribution is -2.19. The molecule has 0 aliphatic rings. The Labute approximate surface area is 279 Å². The molecule has 0 unspecified atom stereocenters. The van der Waals surface area contributed by atoms with Crippen LogP contribution in [0.3, 0.4) is 0 Å². The van der Waals surface area contributed by atoms with Crippen molar-refractivity contribution in [3.8, 4) is 67.3 Å². The van der Waals surface area contributed by atoms with Gasteiger partial charge in [-0.25, -0.2) is 14.8 Å². The van der Waals surface area contributed by atoms with Gasteiger partial charge in [-0.3, -0.25) is 9.13 Å². The summed E-state index contributed by atoms with van der Waals surface area (Å²) < 4.78 is 3.37. The predicted octanol–water partition coefficient (Wildman–Crippen LogP) is 9.67. The van der Waals surface area contributed by atoms with Gasteiger partial charge in [-0.05, 0) is 57.6 Å². The summed E-state index contributed by atoms with van der Waals surface area (Å²) in [5, 5.41) is 0. The highest BCUT2D eigenvalue weighted by Gasteiger charge is 2.13. The van der Waals surface area contributed by atoms with E-state index >= 15 is 0 Å². The van der Waals surface area contributed by atoms with E-state index in [1.54, 1.807) is 16.2 Å². The Balaban J connectivity index is 1.16. The summed E-state index contributed by atoms with van der Waals surface area (Å²) in [6.07, 6.45) is 0. The van der Waals surface area contributed by atoms with Crippen LogP contribution in [-0.2, 0) is 14.1 Å². The molecule has 0 aliphatic heterocycles. The fraction of sp³-hybridized carbons (Fsp3) is 0.0465. The molecular weight excluding hydrogens is 589 g/mol. The molecule has 5 nitrogen and oxygen atoms in total. The summed E-state index contributed by atoms with van der Waals surface area (Å²) in [5.41, 5.74) is 13.3. The van der Waals surface area contributed by atoms with E-state index in [4.69, 9.17) is 9.97 Å². The van der Waals surface area contributed by atoms with Crippen LogP contribution in [-0.4, -0.2) is 19.1 Å². The van der Waals surface area contributed by atoms with Crippen LogP contribution in [0.4, 0.5) is 0 Å². The van der Waals surface area contributed by atoms with E-state index in [1.165, 1.54) is 11.1 Å². The van der Waals surface area contributed by atoms with Crippen LogP contribution < -0.4 is 5.69 Å². The molecule has 8 rings (SSSR count). The average molecular weight is 621 g/mol. The molecule has 0 N–H and O–H groups in total. The number of imidazole rings is 1. The van der Waals surface area contributed by atoms with Crippen molar-refractivity contribution < 1.29 is 0 Å². The lowest BCUT2D eigenvalue weighted by atomic mass is 9.98. The van der Waals surface area contributed by atoms with Crippen LogP contribution in [0.5, 0.6) is 0 Å². The molecule has 8 aromatic rings. The highest BCUT2D eigenvalue weighted by Crippen LogP contribution is 2.32. The van der Waals surface area contributed by atoms with Crippen LogP contribution in [0.2, 0.25) is 0 Å². The molecule has 2 aromatic heterocycles. The van der Waals surface area contributed by atoms with E-state index in [2.05, 4.69) is 115 Å². The quantitative estimate of drug-likeness (QED) is 0.186. The van der Waals surface area contributed by atoms with Crippen molar-refractivity contribution in [1.82, 2.24) is 19.1 Å². The number of hydrogen-bond acceptors (Lipinski definition) is 3. The summed E-state index contributed by atoms with van der Waals surface area (Å²) >= 11 is 0. The van der Waals surface area contributed by atoms with Gasteiger partial charge in [0.05, 0.1) is 22.4 Å². The summed E-state index contributed by atoms with van der Waals surface area (Å²) in [6, 6.07) is 54.5. The van der Waals surface area contributed by atoms with Crippen molar-refractivity contribution in [1.29, 1.82) is 0 Å². The maximum absolute atomic E-state index is 12.5. The van der Waals surface area contributed by atoms with Gasteiger partial charge in [-0.2, -0.15) is 0 Å². The van der Waals surface area contributed by atoms with Gasteiger partial charge in [0.15, 0.2) is 5.82 Å². The lowest BCUT2D eigenvalue weighted by molar-refractivity contribution is 0.795. The predicted molar refractivity (Wildman–Crippen MR) is 196 cm³/mol. The van der Waals surface area contributed by atoms with Crippen LogP contribution in [0, 0.1) is 0 Å². The smallest absolute Gasteiger partial charge is 0.295 e. The zero-order valence-corrected chi connectivity index (χ0v) is 26.7. The Kier molecular flexibility index (Phi) is 7.35. The highest BCUT2D eigenvalue weighted by molar-refractivity contribution is 5.83. The Morgan fingerprint density at radius 1 is 0.375 bits per heavy atom. The first kappa shape index (κ1) is 29.1. The van der Waals surface area contributed by atoms with Gasteiger partial charge in [0, 0.05) is 30.8 Å². The van der Waals surface area contributed by atoms with Gasteiger partial charge in [-0.15, -0.1) is 0 Å². The number of benzene rings is 6. The standard InChI is InChI=1S/C43H32N4O/c1-46-40-25-24-36(27-41(40)47(2)43(46)48)32-20-22-33(23-21-32)38-28-39(45-42(44-38)34-12-7-4-8-13-34)37-15-9-14-35(26-37)31-18-16-30(17-19-31)29-10-5-3-6-11-29/h3-28H,1-2H3. The third-order valence-electron chi connectivity index (χ3n) is 9.03. The van der Waals surface area contributed by atoms with Gasteiger partial charge < -0.3 is 0 Å². The van der Waals surface area contributed by atoms with Gasteiger partial charge in [0.2, 0.25) is 0 Å². The number of fused-ring (bicyclic) bond motifs is 1. The van der Waals surface area contributed by atoms with E-state index in [-0.39, 0.29) is 5.69 Å². The number of hydrogen-bond donors (Lipinski definition) is 0. The first-order valence-corrected chi connectivity index (χ1v) is 16.0. The Hall–Kier alpha value is -6.33. The number of nitrogens with zero attached hydrogens (tertiary/aromatic N) is 4. The van der Waals surface area contributed by atoms with Crippen molar-refractivity contribution in [2.24, 2.45) is 14.1 Å². The van der Waals surface area contributed by atoms with E-state index in [0.717, 1.165) is 61.4 Å². The first-order valence-electron chi connectivity index (χ1n) is 16.0. The van der Waals surface area contributed by atoms with Crippen molar-refractivity contribution in [2.45, 2.75) is 0 Å². The minimum Gasteiger partial charge on any atom is -0.295 e. The second kappa shape index (κ2) is 12.1. The summed E-state index contributed by atoms with van der Waals surface area (Å²) in [4.78, 5) is 22.6. The Morgan fingerprint density at radius 3 is 1.46 bits per heavy atom. The van der Waals surface area contributed by atoms with Crippen molar-refractivity contribution in [3.05, 3.63) is 168 Å². The zero-order chi connectivity index (χ0) is 32.6. The third kappa shape index (κ3) is 5.41. The van der Waals surface area contributed by atoms with Crippen LogP contribution in [0.1, 0.15) is 0 Å². The summed E-state index contributed by atoms with van der Waals surface area (Å²) in [6.45, 7) is 0. The molecule has 2 heterocycles. The normalized spacial score (nSPS) is 11.2. The molecule has 6 aromatic carbocycles. The largest absolute Gasteiger partial charge is 0.328 e. The fourth-order valence-electron chi connectivity index (χ4n) is 6.32. The summed E-state index contributed by atoms with van der Waals surface area (Å²) in [5.74, 6) is 0.681. The van der Waals surface area contributed by atoms with E-state index < -0.39 is 0 Å². The van der Waals surface area contributed by atoms with Crippen molar-refractivity contribution in [3.63, 3.8) is 0 Å². The zero-order valence-electron chi connectivity index (χ0n) is 26.7. The molecule has 48 heavy (non-hydrogen) atoms. The maximum Gasteiger partial charge on any atom is 0.328 e. The van der Waals surface area contributed by atoms with Crippen LogP contribution in [0.25, 0.3) is 78.3 Å². The van der Waals surface area contributed by atoms with E-state index in [9.17, 15) is 4.79 Å². The molecule has 0 atom stereocenters. The van der Waals surface area contributed by atoms with Gasteiger partial charge in [-0.1, -0.05) is 133 Å². The average Bonchev–Trinajstić information content (AvgIpc) is 3.38. The molecule has 0 bridgehead atoms. The monoisotopic (exact) mass is 620 g/mol. The second-order valence-electron chi connectivity index (χ2n) is 12.0. The maximum atomic E-state index is 12.5. The molecule has 5 heteroatoms. The van der Waals surface area contributed by atoms with Crippen molar-refractivity contribution in [2.75, 3.05) is 0 Å². The molecule has 0 amide bonds. The first-order chi connectivity index (χ1) is 23.5. The third-order valence-corrected chi connectivity index (χ3v) is 9.03. The van der Waals surface area contributed by atoms with E-state index in [1.807, 2.05) is 49.5 Å². The lowest BCUT2D eigenvalue weighted by Gasteiger charge is -2.11. The van der Waals surface area contributed by atoms with Crippen LogP contribution in [0.15, 0.2) is 163 Å². The highest BCUT2D eigenvalue weighted by atomic mass is 16.1. The van der Waals surface area contributed by atoms with Gasteiger partial charge in [0.1, 0.15) is 0 Å². The molecule has 230 valence electrons. The minimum atomic E-state index is -0.0298. The summed E-state index contributed by atoms with van der Waals surface area (Å²) in [7, 11) is 3.62. The molecular formula is C43H32N4O. The van der Waals surface area contributed by atoms with Gasteiger partial charge in [0.25, 0.3) is 0 Å². The number of aromatic nitrogens is 4. The Bertz CT molecular complexity index is 2460. The molecule has 0 saturated carbocycles. The molecule has 0 saturated heterocycles. The Morgan fingerprint density at radius 2 is 0.812 bits per heavy atom. The van der Waals surface area contributed by atoms with Crippen LogP contribution >= 0.6 is 0 Å². The topological polar surface area (TPSA) is 52.7 Å². The molecule has 0 aliphatic carbocycles. The fourth-order valence-corrected chi connectivity index (χ4v) is 6.32.